The third-order valence-corrected chi connectivity index (χ3v) is 4.40. The van der Waals surface area contributed by atoms with Crippen LogP contribution in [0.1, 0.15) is 22.8 Å². The van der Waals surface area contributed by atoms with Gasteiger partial charge in [-0.15, -0.1) is 0 Å². The first-order valence-corrected chi connectivity index (χ1v) is 8.82. The van der Waals surface area contributed by atoms with Crippen LogP contribution in [0.25, 0.3) is 0 Å². The molecule has 0 aliphatic carbocycles. The predicted molar refractivity (Wildman–Crippen MR) is 106 cm³/mol. The van der Waals surface area contributed by atoms with Gasteiger partial charge in [0.15, 0.2) is 0 Å². The van der Waals surface area contributed by atoms with Gasteiger partial charge in [0.1, 0.15) is 0 Å². The molecule has 0 aliphatic heterocycles. The molecule has 0 spiro atoms. The second-order valence-corrected chi connectivity index (χ2v) is 6.66. The quantitative estimate of drug-likeness (QED) is 0.661. The standard InChI is InChI=1S/C19H16Cl2N4O2/c1-12(26)23-15-6-7-18(17(21)8-15)24-19(27)14-9-22-25(11-14)10-13-4-2-3-5-16(13)20/h2-9,11H,10H2,1H3,(H,23,26)(H,24,27). The summed E-state index contributed by atoms with van der Waals surface area (Å²) < 4.78 is 1.64. The van der Waals surface area contributed by atoms with E-state index in [1.807, 2.05) is 18.2 Å². The molecular formula is C19H16Cl2N4O2. The van der Waals surface area contributed by atoms with E-state index in [1.54, 1.807) is 35.1 Å². The van der Waals surface area contributed by atoms with Crippen molar-refractivity contribution in [2.45, 2.75) is 13.5 Å². The maximum atomic E-state index is 12.4. The maximum Gasteiger partial charge on any atom is 0.258 e. The van der Waals surface area contributed by atoms with E-state index in [2.05, 4.69) is 15.7 Å². The van der Waals surface area contributed by atoms with Crippen LogP contribution >= 0.6 is 23.2 Å². The number of halogens is 2. The maximum absolute atomic E-state index is 12.4. The summed E-state index contributed by atoms with van der Waals surface area (Å²) in [7, 11) is 0. The van der Waals surface area contributed by atoms with Crippen molar-refractivity contribution in [1.82, 2.24) is 9.78 Å². The van der Waals surface area contributed by atoms with Crippen molar-refractivity contribution in [2.24, 2.45) is 0 Å². The highest BCUT2D eigenvalue weighted by Gasteiger charge is 2.12. The first kappa shape index (κ1) is 18.9. The topological polar surface area (TPSA) is 76.0 Å². The molecule has 2 aromatic carbocycles. The van der Waals surface area contributed by atoms with Gasteiger partial charge in [0, 0.05) is 23.8 Å². The van der Waals surface area contributed by atoms with Crippen LogP contribution in [-0.4, -0.2) is 21.6 Å². The second-order valence-electron chi connectivity index (χ2n) is 5.85. The van der Waals surface area contributed by atoms with Crippen molar-refractivity contribution in [2.75, 3.05) is 10.6 Å². The Labute approximate surface area is 166 Å². The molecular weight excluding hydrogens is 387 g/mol. The summed E-state index contributed by atoms with van der Waals surface area (Å²) in [5.74, 6) is -0.539. The Morgan fingerprint density at radius 2 is 1.85 bits per heavy atom. The highest BCUT2D eigenvalue weighted by atomic mass is 35.5. The summed E-state index contributed by atoms with van der Waals surface area (Å²) in [6.45, 7) is 1.86. The van der Waals surface area contributed by atoms with Crippen LogP contribution in [0.5, 0.6) is 0 Å². The highest BCUT2D eigenvalue weighted by Crippen LogP contribution is 2.26. The van der Waals surface area contributed by atoms with Gasteiger partial charge in [0.25, 0.3) is 5.91 Å². The summed E-state index contributed by atoms with van der Waals surface area (Å²) >= 11 is 12.3. The summed E-state index contributed by atoms with van der Waals surface area (Å²) in [5.41, 5.74) is 2.29. The average Bonchev–Trinajstić information content (AvgIpc) is 3.07. The Morgan fingerprint density at radius 3 is 2.56 bits per heavy atom. The molecule has 0 atom stereocenters. The number of nitrogens with zero attached hydrogens (tertiary/aromatic N) is 2. The molecule has 138 valence electrons. The number of nitrogens with one attached hydrogen (secondary N) is 2. The lowest BCUT2D eigenvalue weighted by molar-refractivity contribution is -0.114. The molecule has 0 saturated heterocycles. The number of hydrogen-bond donors (Lipinski definition) is 2. The molecule has 0 aliphatic rings. The SMILES string of the molecule is CC(=O)Nc1ccc(NC(=O)c2cnn(Cc3ccccc3Cl)c2)c(Cl)c1. The van der Waals surface area contributed by atoms with Crippen molar-refractivity contribution in [1.29, 1.82) is 0 Å². The van der Waals surface area contributed by atoms with Gasteiger partial charge in [0.05, 0.1) is 29.0 Å². The summed E-state index contributed by atoms with van der Waals surface area (Å²) in [5, 5.41) is 10.5. The molecule has 27 heavy (non-hydrogen) atoms. The van der Waals surface area contributed by atoms with Gasteiger partial charge in [-0.3, -0.25) is 14.3 Å². The first-order valence-electron chi connectivity index (χ1n) is 8.07. The van der Waals surface area contributed by atoms with E-state index in [0.29, 0.717) is 33.5 Å². The largest absolute Gasteiger partial charge is 0.326 e. The molecule has 0 bridgehead atoms. The molecule has 8 heteroatoms. The molecule has 0 radical (unpaired) electrons. The fraction of sp³-hybridized carbons (Fsp3) is 0.105. The van der Waals surface area contributed by atoms with Gasteiger partial charge in [-0.1, -0.05) is 41.4 Å². The van der Waals surface area contributed by atoms with Gasteiger partial charge in [0.2, 0.25) is 5.91 Å². The average molecular weight is 403 g/mol. The zero-order chi connectivity index (χ0) is 19.4. The minimum Gasteiger partial charge on any atom is -0.326 e. The summed E-state index contributed by atoms with van der Waals surface area (Å²) in [4.78, 5) is 23.5. The highest BCUT2D eigenvalue weighted by molar-refractivity contribution is 6.34. The number of amides is 2. The van der Waals surface area contributed by atoms with Gasteiger partial charge in [-0.25, -0.2) is 0 Å². The van der Waals surface area contributed by atoms with Crippen molar-refractivity contribution < 1.29 is 9.59 Å². The van der Waals surface area contributed by atoms with Crippen LogP contribution in [-0.2, 0) is 11.3 Å². The Bertz CT molecular complexity index is 1000. The number of carbonyl (C=O) groups excluding carboxylic acids is 2. The van der Waals surface area contributed by atoms with Gasteiger partial charge in [-0.2, -0.15) is 5.10 Å². The van der Waals surface area contributed by atoms with Gasteiger partial charge < -0.3 is 10.6 Å². The lowest BCUT2D eigenvalue weighted by Gasteiger charge is -2.08. The smallest absolute Gasteiger partial charge is 0.258 e. The molecule has 3 rings (SSSR count). The Balaban J connectivity index is 1.69. The zero-order valence-electron chi connectivity index (χ0n) is 14.4. The monoisotopic (exact) mass is 402 g/mol. The Hall–Kier alpha value is -2.83. The Kier molecular flexibility index (Phi) is 5.78. The van der Waals surface area contributed by atoms with Crippen LogP contribution in [0.15, 0.2) is 54.9 Å². The minimum absolute atomic E-state index is 0.200. The number of hydrogen-bond acceptors (Lipinski definition) is 3. The predicted octanol–water partition coefficient (Wildman–Crippen LogP) is 4.45. The van der Waals surface area contributed by atoms with Crippen LogP contribution in [0.2, 0.25) is 10.0 Å². The molecule has 0 unspecified atom stereocenters. The molecule has 2 N–H and O–H groups in total. The molecule has 2 amide bonds. The third-order valence-electron chi connectivity index (χ3n) is 3.72. The third kappa shape index (κ3) is 4.87. The first-order chi connectivity index (χ1) is 12.9. The van der Waals surface area contributed by atoms with E-state index in [0.717, 1.165) is 5.56 Å². The number of rotatable bonds is 5. The van der Waals surface area contributed by atoms with Crippen molar-refractivity contribution in [3.63, 3.8) is 0 Å². The fourth-order valence-corrected chi connectivity index (χ4v) is 2.88. The van der Waals surface area contributed by atoms with Crippen LogP contribution < -0.4 is 10.6 Å². The number of aromatic nitrogens is 2. The van der Waals surface area contributed by atoms with E-state index in [1.165, 1.54) is 13.1 Å². The number of anilines is 2. The number of benzene rings is 2. The summed E-state index contributed by atoms with van der Waals surface area (Å²) in [6.07, 6.45) is 3.12. The van der Waals surface area contributed by atoms with E-state index < -0.39 is 0 Å². The summed E-state index contributed by atoms with van der Waals surface area (Å²) in [6, 6.07) is 12.3. The Morgan fingerprint density at radius 1 is 1.07 bits per heavy atom. The molecule has 0 fully saturated rings. The van der Waals surface area contributed by atoms with E-state index >= 15 is 0 Å². The van der Waals surface area contributed by atoms with Crippen molar-refractivity contribution in [3.05, 3.63) is 76.0 Å². The molecule has 6 nitrogen and oxygen atoms in total. The van der Waals surface area contributed by atoms with Crippen molar-refractivity contribution >= 4 is 46.4 Å². The number of carbonyl (C=O) groups is 2. The molecule has 1 aromatic heterocycles. The minimum atomic E-state index is -0.338. The van der Waals surface area contributed by atoms with Crippen molar-refractivity contribution in [3.8, 4) is 0 Å². The van der Waals surface area contributed by atoms with Gasteiger partial charge in [-0.05, 0) is 29.8 Å². The van der Waals surface area contributed by atoms with E-state index in [-0.39, 0.29) is 11.8 Å². The van der Waals surface area contributed by atoms with Gasteiger partial charge >= 0.3 is 0 Å². The van der Waals surface area contributed by atoms with Crippen LogP contribution in [0.3, 0.4) is 0 Å². The van der Waals surface area contributed by atoms with E-state index in [9.17, 15) is 9.59 Å². The lowest BCUT2D eigenvalue weighted by Crippen LogP contribution is -2.12. The second kappa shape index (κ2) is 8.24. The van der Waals surface area contributed by atoms with Crippen LogP contribution in [0, 0.1) is 0 Å². The normalized spacial score (nSPS) is 10.5. The molecule has 1 heterocycles. The molecule has 0 saturated carbocycles. The fourth-order valence-electron chi connectivity index (χ4n) is 2.46. The van der Waals surface area contributed by atoms with Crippen LogP contribution in [0.4, 0.5) is 11.4 Å². The van der Waals surface area contributed by atoms with E-state index in [4.69, 9.17) is 23.2 Å². The molecule has 3 aromatic rings. The zero-order valence-corrected chi connectivity index (χ0v) is 15.9. The lowest BCUT2D eigenvalue weighted by atomic mass is 10.2.